The predicted molar refractivity (Wildman–Crippen MR) is 84.9 cm³/mol. The summed E-state index contributed by atoms with van der Waals surface area (Å²) in [4.78, 5) is 38.1. The zero-order chi connectivity index (χ0) is 16.7. The van der Waals surface area contributed by atoms with Crippen LogP contribution in [0.4, 0.5) is 0 Å². The van der Waals surface area contributed by atoms with Crippen LogP contribution in [0, 0.1) is 0 Å². The summed E-state index contributed by atoms with van der Waals surface area (Å²) in [6, 6.07) is 8.39. The zero-order valence-electron chi connectivity index (χ0n) is 12.9. The van der Waals surface area contributed by atoms with Gasteiger partial charge in [0.1, 0.15) is 6.04 Å². The van der Waals surface area contributed by atoms with Gasteiger partial charge < -0.3 is 9.32 Å². The minimum atomic E-state index is -0.699. The predicted octanol–water partition coefficient (Wildman–Crippen LogP) is 1.97. The van der Waals surface area contributed by atoms with E-state index in [0.717, 1.165) is 24.0 Å². The van der Waals surface area contributed by atoms with Gasteiger partial charge in [0.2, 0.25) is 11.8 Å². The van der Waals surface area contributed by atoms with Gasteiger partial charge in [-0.2, -0.15) is 0 Å². The first-order chi connectivity index (χ1) is 11.6. The molecular weight excluding hydrogens is 308 g/mol. The molecule has 2 fully saturated rings. The Morgan fingerprint density at radius 3 is 2.62 bits per heavy atom. The normalized spacial score (nSPS) is 20.1. The van der Waals surface area contributed by atoms with Gasteiger partial charge in [0.25, 0.3) is 5.91 Å². The number of nitrogens with zero attached hydrogens (tertiary/aromatic N) is 1. The van der Waals surface area contributed by atoms with Crippen molar-refractivity contribution in [3.05, 3.63) is 48.4 Å². The molecule has 2 heterocycles. The van der Waals surface area contributed by atoms with E-state index in [1.165, 1.54) is 0 Å². The van der Waals surface area contributed by atoms with E-state index in [9.17, 15) is 14.4 Å². The van der Waals surface area contributed by atoms with Crippen LogP contribution in [0.3, 0.4) is 0 Å². The van der Waals surface area contributed by atoms with Crippen molar-refractivity contribution in [3.63, 3.8) is 0 Å². The lowest BCUT2D eigenvalue weighted by atomic mass is 10.0. The Labute approximate surface area is 138 Å². The molecule has 3 amide bonds. The van der Waals surface area contributed by atoms with Crippen molar-refractivity contribution in [2.24, 2.45) is 0 Å². The van der Waals surface area contributed by atoms with Crippen molar-refractivity contribution in [1.29, 1.82) is 0 Å². The average molecular weight is 324 g/mol. The summed E-state index contributed by atoms with van der Waals surface area (Å²) in [6.45, 7) is 0. The topological polar surface area (TPSA) is 79.6 Å². The first-order valence-corrected chi connectivity index (χ1v) is 7.92. The Morgan fingerprint density at radius 1 is 1.17 bits per heavy atom. The molecule has 6 heteroatoms. The van der Waals surface area contributed by atoms with E-state index in [1.807, 2.05) is 12.1 Å². The number of imide groups is 1. The highest BCUT2D eigenvalue weighted by Crippen LogP contribution is 2.33. The number of furan rings is 1. The van der Waals surface area contributed by atoms with Gasteiger partial charge in [0, 0.05) is 17.2 Å². The first kappa shape index (κ1) is 14.7. The van der Waals surface area contributed by atoms with Gasteiger partial charge in [0.05, 0.1) is 18.9 Å². The molecule has 0 unspecified atom stereocenters. The molecular formula is C18H16N2O4. The Balaban J connectivity index is 1.65. The third-order valence-corrected chi connectivity index (χ3v) is 4.42. The summed E-state index contributed by atoms with van der Waals surface area (Å²) >= 11 is 0. The van der Waals surface area contributed by atoms with Gasteiger partial charge in [-0.05, 0) is 36.6 Å². The van der Waals surface area contributed by atoms with Gasteiger partial charge in [-0.1, -0.05) is 12.1 Å². The van der Waals surface area contributed by atoms with Crippen molar-refractivity contribution in [2.75, 3.05) is 0 Å². The van der Waals surface area contributed by atoms with Crippen molar-refractivity contribution in [1.82, 2.24) is 10.2 Å². The molecule has 0 radical (unpaired) electrons. The van der Waals surface area contributed by atoms with Crippen LogP contribution in [0.25, 0.3) is 11.1 Å². The molecule has 1 aliphatic carbocycles. The van der Waals surface area contributed by atoms with E-state index in [1.54, 1.807) is 35.6 Å². The Bertz CT molecular complexity index is 808. The van der Waals surface area contributed by atoms with Gasteiger partial charge in [-0.3, -0.25) is 19.7 Å². The second kappa shape index (κ2) is 5.63. The molecule has 2 aliphatic rings. The van der Waals surface area contributed by atoms with Crippen molar-refractivity contribution in [3.8, 4) is 11.1 Å². The van der Waals surface area contributed by atoms with E-state index < -0.39 is 6.04 Å². The summed E-state index contributed by atoms with van der Waals surface area (Å²) in [6.07, 6.45) is 4.97. The third kappa shape index (κ3) is 2.60. The maximum absolute atomic E-state index is 13.0. The SMILES string of the molecule is O=C1C[C@H](N(C(=O)c2cccc(-c3ccoc3)c2)C2CC2)C(=O)N1. The molecule has 24 heavy (non-hydrogen) atoms. The third-order valence-electron chi connectivity index (χ3n) is 4.42. The summed E-state index contributed by atoms with van der Waals surface area (Å²) in [5.41, 5.74) is 2.27. The van der Waals surface area contributed by atoms with Gasteiger partial charge in [-0.15, -0.1) is 0 Å². The molecule has 1 atom stereocenters. The zero-order valence-corrected chi connectivity index (χ0v) is 12.9. The molecule has 1 N–H and O–H groups in total. The smallest absolute Gasteiger partial charge is 0.254 e. The molecule has 2 aromatic rings. The first-order valence-electron chi connectivity index (χ1n) is 7.92. The van der Waals surface area contributed by atoms with Crippen LogP contribution < -0.4 is 5.32 Å². The monoisotopic (exact) mass is 324 g/mol. The number of amides is 3. The fraction of sp³-hybridized carbons (Fsp3) is 0.278. The van der Waals surface area contributed by atoms with E-state index >= 15 is 0 Å². The van der Waals surface area contributed by atoms with Crippen LogP contribution in [-0.4, -0.2) is 34.7 Å². The maximum Gasteiger partial charge on any atom is 0.254 e. The lowest BCUT2D eigenvalue weighted by molar-refractivity contribution is -0.126. The maximum atomic E-state index is 13.0. The highest BCUT2D eigenvalue weighted by atomic mass is 16.3. The highest BCUT2D eigenvalue weighted by molar-refractivity contribution is 6.08. The Morgan fingerprint density at radius 2 is 2.00 bits per heavy atom. The molecule has 1 aliphatic heterocycles. The van der Waals surface area contributed by atoms with Crippen LogP contribution >= 0.6 is 0 Å². The number of carbonyl (C=O) groups is 3. The van der Waals surface area contributed by atoms with Crippen LogP contribution in [0.15, 0.2) is 47.3 Å². The number of hydrogen-bond acceptors (Lipinski definition) is 4. The van der Waals surface area contributed by atoms with E-state index in [2.05, 4.69) is 5.32 Å². The molecule has 0 bridgehead atoms. The Kier molecular flexibility index (Phi) is 3.45. The second-order valence-electron chi connectivity index (χ2n) is 6.17. The van der Waals surface area contributed by atoms with Gasteiger partial charge >= 0.3 is 0 Å². The molecule has 4 rings (SSSR count). The lowest BCUT2D eigenvalue weighted by Crippen LogP contribution is -2.45. The van der Waals surface area contributed by atoms with E-state index in [0.29, 0.717) is 5.56 Å². The van der Waals surface area contributed by atoms with Gasteiger partial charge in [-0.25, -0.2) is 0 Å². The number of hydrogen-bond donors (Lipinski definition) is 1. The van der Waals surface area contributed by atoms with E-state index in [-0.39, 0.29) is 30.2 Å². The minimum absolute atomic E-state index is 0.0386. The number of benzene rings is 1. The number of rotatable bonds is 4. The summed E-state index contributed by atoms with van der Waals surface area (Å²) in [5, 5.41) is 2.29. The quantitative estimate of drug-likeness (QED) is 0.872. The molecule has 1 aromatic heterocycles. The van der Waals surface area contributed by atoms with Crippen LogP contribution in [-0.2, 0) is 9.59 Å². The van der Waals surface area contributed by atoms with E-state index in [4.69, 9.17) is 4.42 Å². The summed E-state index contributed by atoms with van der Waals surface area (Å²) in [7, 11) is 0. The van der Waals surface area contributed by atoms with Crippen molar-refractivity contribution < 1.29 is 18.8 Å². The minimum Gasteiger partial charge on any atom is -0.472 e. The largest absolute Gasteiger partial charge is 0.472 e. The lowest BCUT2D eigenvalue weighted by Gasteiger charge is -2.27. The Hall–Kier alpha value is -2.89. The number of carbonyl (C=O) groups excluding carboxylic acids is 3. The molecule has 122 valence electrons. The second-order valence-corrected chi connectivity index (χ2v) is 6.17. The van der Waals surface area contributed by atoms with Crippen LogP contribution in [0.1, 0.15) is 29.6 Å². The average Bonchev–Trinajstić information content (AvgIpc) is 3.14. The summed E-state index contributed by atoms with van der Waals surface area (Å²) < 4.78 is 5.09. The summed E-state index contributed by atoms with van der Waals surface area (Å²) in [5.74, 6) is -0.917. The molecule has 6 nitrogen and oxygen atoms in total. The fourth-order valence-corrected chi connectivity index (χ4v) is 3.09. The number of nitrogens with one attached hydrogen (secondary N) is 1. The van der Waals surface area contributed by atoms with Crippen molar-refractivity contribution in [2.45, 2.75) is 31.3 Å². The van der Waals surface area contributed by atoms with Crippen LogP contribution in [0.5, 0.6) is 0 Å². The molecule has 1 saturated carbocycles. The standard InChI is InChI=1S/C18H16N2O4/c21-16-9-15(17(22)19-16)20(14-4-5-14)18(23)12-3-1-2-11(8-12)13-6-7-24-10-13/h1-3,6-8,10,14-15H,4-5,9H2,(H,19,21,22)/t15-/m0/s1. The van der Waals surface area contributed by atoms with Gasteiger partial charge in [0.15, 0.2) is 0 Å². The molecule has 0 spiro atoms. The van der Waals surface area contributed by atoms with Crippen LogP contribution in [0.2, 0.25) is 0 Å². The van der Waals surface area contributed by atoms with Crippen molar-refractivity contribution >= 4 is 17.7 Å². The fourth-order valence-electron chi connectivity index (χ4n) is 3.09. The molecule has 1 saturated heterocycles. The highest BCUT2D eigenvalue weighted by Gasteiger charge is 2.44. The molecule has 1 aromatic carbocycles.